The molecule has 1 fully saturated rings. The van der Waals surface area contributed by atoms with E-state index in [0.717, 1.165) is 52.4 Å². The molecule has 5 nitrogen and oxygen atoms in total. The van der Waals surface area contributed by atoms with Crippen molar-refractivity contribution < 1.29 is 9.47 Å². The molecule has 3 heterocycles. The molecule has 29 heavy (non-hydrogen) atoms. The van der Waals surface area contributed by atoms with E-state index in [1.165, 1.54) is 32.4 Å². The van der Waals surface area contributed by atoms with E-state index in [1.807, 2.05) is 42.5 Å². The maximum atomic E-state index is 5.49. The van der Waals surface area contributed by atoms with Crippen LogP contribution in [0.25, 0.3) is 23.2 Å². The van der Waals surface area contributed by atoms with Gasteiger partial charge in [0.15, 0.2) is 11.5 Å². The molecular formula is C24H25N3O2. The maximum Gasteiger partial charge on any atom is 0.231 e. The smallest absolute Gasteiger partial charge is 0.231 e. The normalized spacial score (nSPS) is 16.7. The van der Waals surface area contributed by atoms with Crippen molar-refractivity contribution in [3.8, 4) is 11.5 Å². The third kappa shape index (κ3) is 4.10. The molecule has 5 heteroatoms. The van der Waals surface area contributed by atoms with Crippen molar-refractivity contribution in [3.05, 3.63) is 59.4 Å². The zero-order chi connectivity index (χ0) is 19.5. The van der Waals surface area contributed by atoms with E-state index in [9.17, 15) is 0 Å². The van der Waals surface area contributed by atoms with Gasteiger partial charge < -0.3 is 14.4 Å². The zero-order valence-electron chi connectivity index (χ0n) is 16.5. The van der Waals surface area contributed by atoms with E-state index in [4.69, 9.17) is 19.4 Å². The van der Waals surface area contributed by atoms with Gasteiger partial charge in [0, 0.05) is 13.0 Å². The molecular weight excluding hydrogens is 362 g/mol. The second-order valence-electron chi connectivity index (χ2n) is 7.64. The van der Waals surface area contributed by atoms with Crippen molar-refractivity contribution in [2.75, 3.05) is 26.4 Å². The molecule has 148 valence electrons. The van der Waals surface area contributed by atoms with Crippen molar-refractivity contribution in [2.24, 2.45) is 0 Å². The fourth-order valence-electron chi connectivity index (χ4n) is 4.01. The minimum Gasteiger partial charge on any atom is -0.454 e. The number of hydrogen-bond acceptors (Lipinski definition) is 5. The Balaban J connectivity index is 1.42. The number of aromatic nitrogens is 2. The summed E-state index contributed by atoms with van der Waals surface area (Å²) in [5, 5.41) is 0. The molecule has 2 aliphatic heterocycles. The van der Waals surface area contributed by atoms with Crippen LogP contribution in [0.4, 0.5) is 0 Å². The average molecular weight is 387 g/mol. The van der Waals surface area contributed by atoms with Gasteiger partial charge in [-0.05, 0) is 61.8 Å². The number of hydrogen-bond donors (Lipinski definition) is 0. The van der Waals surface area contributed by atoms with E-state index in [0.29, 0.717) is 6.79 Å². The van der Waals surface area contributed by atoms with Crippen LogP contribution < -0.4 is 9.47 Å². The number of ether oxygens (including phenoxy) is 2. The monoisotopic (exact) mass is 387 g/mol. The van der Waals surface area contributed by atoms with E-state index in [-0.39, 0.29) is 0 Å². The summed E-state index contributed by atoms with van der Waals surface area (Å²) in [5.74, 6) is 1.59. The van der Waals surface area contributed by atoms with Gasteiger partial charge in [0.2, 0.25) is 6.79 Å². The van der Waals surface area contributed by atoms with Crippen LogP contribution in [0.2, 0.25) is 0 Å². The summed E-state index contributed by atoms with van der Waals surface area (Å²) in [6, 6.07) is 14.1. The van der Waals surface area contributed by atoms with Gasteiger partial charge in [-0.15, -0.1) is 0 Å². The minimum atomic E-state index is 0.291. The summed E-state index contributed by atoms with van der Waals surface area (Å²) in [4.78, 5) is 12.4. The average Bonchev–Trinajstić information content (AvgIpc) is 3.24. The number of likely N-dealkylation sites (tertiary alicyclic amines) is 1. The van der Waals surface area contributed by atoms with Crippen LogP contribution in [-0.2, 0) is 6.42 Å². The summed E-state index contributed by atoms with van der Waals surface area (Å²) in [5.41, 5.74) is 4.96. The molecule has 2 aliphatic rings. The first-order chi connectivity index (χ1) is 14.3. The predicted molar refractivity (Wildman–Crippen MR) is 115 cm³/mol. The Morgan fingerprint density at radius 2 is 1.66 bits per heavy atom. The van der Waals surface area contributed by atoms with Gasteiger partial charge in [-0.25, -0.2) is 9.97 Å². The van der Waals surface area contributed by atoms with Crippen LogP contribution >= 0.6 is 0 Å². The van der Waals surface area contributed by atoms with Crippen LogP contribution in [-0.4, -0.2) is 41.3 Å². The fraction of sp³-hybridized carbons (Fsp3) is 0.333. The Bertz CT molecular complexity index is 1040. The lowest BCUT2D eigenvalue weighted by molar-refractivity contribution is 0.174. The Hall–Kier alpha value is -2.92. The predicted octanol–water partition coefficient (Wildman–Crippen LogP) is 4.56. The minimum absolute atomic E-state index is 0.291. The second kappa shape index (κ2) is 8.21. The van der Waals surface area contributed by atoms with E-state index in [2.05, 4.69) is 17.1 Å². The Morgan fingerprint density at radius 3 is 2.52 bits per heavy atom. The summed E-state index contributed by atoms with van der Waals surface area (Å²) in [6.07, 6.45) is 9.03. The molecule has 0 atom stereocenters. The van der Waals surface area contributed by atoms with Gasteiger partial charge >= 0.3 is 0 Å². The first-order valence-electron chi connectivity index (χ1n) is 10.4. The van der Waals surface area contributed by atoms with Gasteiger partial charge in [0.1, 0.15) is 0 Å². The van der Waals surface area contributed by atoms with Gasteiger partial charge in [0.05, 0.1) is 22.4 Å². The quantitative estimate of drug-likeness (QED) is 0.642. The molecule has 0 bridgehead atoms. The first kappa shape index (κ1) is 18.1. The van der Waals surface area contributed by atoms with Crippen molar-refractivity contribution >= 4 is 23.2 Å². The molecule has 0 unspecified atom stereocenters. The third-order valence-electron chi connectivity index (χ3n) is 5.62. The topological polar surface area (TPSA) is 47.5 Å². The number of nitrogens with zero attached hydrogens (tertiary/aromatic N) is 3. The SMILES string of the molecule is C(=Cc1nc2ccccc2nc1CCN1CCCCC1)c1ccc2c(c1)OCO2. The van der Waals surface area contributed by atoms with Gasteiger partial charge in [-0.2, -0.15) is 0 Å². The molecule has 1 saturated heterocycles. The van der Waals surface area contributed by atoms with Gasteiger partial charge in [-0.1, -0.05) is 30.7 Å². The van der Waals surface area contributed by atoms with Crippen LogP contribution in [0.5, 0.6) is 11.5 Å². The number of benzene rings is 2. The fourth-order valence-corrected chi connectivity index (χ4v) is 4.01. The molecule has 3 aromatic rings. The van der Waals surface area contributed by atoms with Crippen LogP contribution in [0.1, 0.15) is 36.2 Å². The molecule has 0 N–H and O–H groups in total. The number of piperidine rings is 1. The first-order valence-corrected chi connectivity index (χ1v) is 10.4. The van der Waals surface area contributed by atoms with E-state index in [1.54, 1.807) is 0 Å². The Kier molecular flexibility index (Phi) is 5.13. The van der Waals surface area contributed by atoms with Crippen molar-refractivity contribution in [1.29, 1.82) is 0 Å². The molecule has 0 saturated carbocycles. The van der Waals surface area contributed by atoms with Crippen LogP contribution in [0.3, 0.4) is 0 Å². The lowest BCUT2D eigenvalue weighted by Crippen LogP contribution is -2.31. The van der Waals surface area contributed by atoms with Gasteiger partial charge in [0.25, 0.3) is 0 Å². The van der Waals surface area contributed by atoms with Crippen molar-refractivity contribution in [1.82, 2.24) is 14.9 Å². The van der Waals surface area contributed by atoms with Crippen molar-refractivity contribution in [3.63, 3.8) is 0 Å². The highest BCUT2D eigenvalue weighted by molar-refractivity contribution is 5.78. The maximum absolute atomic E-state index is 5.49. The lowest BCUT2D eigenvalue weighted by Gasteiger charge is -2.26. The molecule has 1 aromatic heterocycles. The summed E-state index contributed by atoms with van der Waals surface area (Å²) in [6.45, 7) is 3.73. The van der Waals surface area contributed by atoms with Crippen LogP contribution in [0.15, 0.2) is 42.5 Å². The molecule has 0 radical (unpaired) electrons. The zero-order valence-corrected chi connectivity index (χ0v) is 16.5. The van der Waals surface area contributed by atoms with Gasteiger partial charge in [-0.3, -0.25) is 0 Å². The molecule has 0 spiro atoms. The number of para-hydroxylation sites is 2. The number of fused-ring (bicyclic) bond motifs is 2. The molecule has 0 amide bonds. The van der Waals surface area contributed by atoms with Crippen LogP contribution in [0, 0.1) is 0 Å². The third-order valence-corrected chi connectivity index (χ3v) is 5.62. The van der Waals surface area contributed by atoms with E-state index >= 15 is 0 Å². The number of rotatable bonds is 5. The Labute approximate surface area is 171 Å². The highest BCUT2D eigenvalue weighted by atomic mass is 16.7. The summed E-state index contributed by atoms with van der Waals surface area (Å²) < 4.78 is 10.9. The molecule has 0 aliphatic carbocycles. The highest BCUT2D eigenvalue weighted by Crippen LogP contribution is 2.33. The van der Waals surface area contributed by atoms with Crippen molar-refractivity contribution in [2.45, 2.75) is 25.7 Å². The Morgan fingerprint density at radius 1 is 0.862 bits per heavy atom. The molecule has 2 aromatic carbocycles. The van der Waals surface area contributed by atoms with E-state index < -0.39 is 0 Å². The summed E-state index contributed by atoms with van der Waals surface area (Å²) in [7, 11) is 0. The highest BCUT2D eigenvalue weighted by Gasteiger charge is 2.14. The molecule has 5 rings (SSSR count). The standard InChI is InChI=1S/C24H25N3O2/c1-4-13-27(14-5-1)15-12-22-21(25-19-6-2-3-7-20(19)26-22)10-8-18-9-11-23-24(16-18)29-17-28-23/h2-3,6-11,16H,1,4-5,12-15,17H2. The second-order valence-corrected chi connectivity index (χ2v) is 7.64. The summed E-state index contributed by atoms with van der Waals surface area (Å²) >= 11 is 0. The largest absolute Gasteiger partial charge is 0.454 e. The lowest BCUT2D eigenvalue weighted by atomic mass is 10.1.